The number of rotatable bonds is 6. The summed E-state index contributed by atoms with van der Waals surface area (Å²) in [5.41, 5.74) is 5.36. The van der Waals surface area contributed by atoms with Crippen LogP contribution >= 0.6 is 0 Å². The summed E-state index contributed by atoms with van der Waals surface area (Å²) in [5, 5.41) is 13.8. The van der Waals surface area contributed by atoms with Crippen molar-refractivity contribution in [3.63, 3.8) is 0 Å². The predicted molar refractivity (Wildman–Crippen MR) is 156 cm³/mol. The molecule has 0 bridgehead atoms. The molecular weight excluding hydrogens is 513 g/mol. The molecule has 3 aromatic carbocycles. The number of piperidine rings is 1. The van der Waals surface area contributed by atoms with E-state index in [4.69, 9.17) is 5.26 Å². The van der Waals surface area contributed by atoms with E-state index in [9.17, 15) is 9.18 Å². The van der Waals surface area contributed by atoms with Gasteiger partial charge in [-0.25, -0.2) is 9.07 Å². The highest BCUT2D eigenvalue weighted by atomic mass is 19.1. The number of carbonyl (C=O) groups excluding carboxylic acids is 1. The fraction of sp³-hybridized carbons (Fsp3) is 0.324. The lowest BCUT2D eigenvalue weighted by atomic mass is 9.82. The Kier molecular flexibility index (Phi) is 7.42. The third-order valence-corrected chi connectivity index (χ3v) is 8.80. The summed E-state index contributed by atoms with van der Waals surface area (Å²) in [5.74, 6) is -0.123. The molecule has 0 radical (unpaired) electrons. The maximum atomic E-state index is 14.1. The number of benzene rings is 3. The summed E-state index contributed by atoms with van der Waals surface area (Å²) in [4.78, 5) is 18.5. The van der Waals surface area contributed by atoms with Crippen LogP contribution in [0.25, 0.3) is 5.69 Å². The van der Waals surface area contributed by atoms with E-state index in [0.29, 0.717) is 24.2 Å². The molecule has 208 valence electrons. The molecule has 4 aromatic rings. The van der Waals surface area contributed by atoms with Crippen molar-refractivity contribution >= 4 is 5.91 Å². The molecule has 6 nitrogen and oxygen atoms in total. The van der Waals surface area contributed by atoms with E-state index in [1.54, 1.807) is 18.3 Å². The van der Waals surface area contributed by atoms with Crippen molar-refractivity contribution in [3.8, 4) is 11.8 Å². The number of aromatic nitrogens is 2. The summed E-state index contributed by atoms with van der Waals surface area (Å²) in [7, 11) is 0. The monoisotopic (exact) mass is 547 g/mol. The standard InChI is InChI=1S/C34H34FN5O/c1-34(28-5-3-2-4-6-28)17-20-39(24-34)33(41)31-22-37-40(30-13-11-29(35)12-14-30)32(31)27-15-18-38(19-16-27)23-26-9-7-25(21-36)8-10-26/h2-14,22,27H,15-20,23-24H2,1H3. The predicted octanol–water partition coefficient (Wildman–Crippen LogP) is 6.07. The van der Waals surface area contributed by atoms with Crippen LogP contribution in [0.4, 0.5) is 4.39 Å². The maximum Gasteiger partial charge on any atom is 0.257 e. The number of likely N-dealkylation sites (tertiary alicyclic amines) is 2. The number of amides is 1. The lowest BCUT2D eigenvalue weighted by molar-refractivity contribution is 0.0782. The molecule has 1 unspecified atom stereocenters. The third kappa shape index (κ3) is 5.53. The average molecular weight is 548 g/mol. The van der Waals surface area contributed by atoms with Gasteiger partial charge in [0.2, 0.25) is 0 Å². The Labute approximate surface area is 240 Å². The van der Waals surface area contributed by atoms with E-state index in [2.05, 4.69) is 47.3 Å². The van der Waals surface area contributed by atoms with E-state index in [-0.39, 0.29) is 23.1 Å². The second kappa shape index (κ2) is 11.3. The van der Waals surface area contributed by atoms with Crippen molar-refractivity contribution in [3.05, 3.63) is 119 Å². The molecule has 2 aliphatic heterocycles. The molecule has 0 saturated carbocycles. The van der Waals surface area contributed by atoms with Gasteiger partial charge in [0.15, 0.2) is 0 Å². The average Bonchev–Trinajstić information content (AvgIpc) is 3.64. The molecule has 1 aromatic heterocycles. The van der Waals surface area contributed by atoms with E-state index in [1.807, 2.05) is 39.9 Å². The highest BCUT2D eigenvalue weighted by Crippen LogP contribution is 2.37. The zero-order valence-electron chi connectivity index (χ0n) is 23.3. The highest BCUT2D eigenvalue weighted by molar-refractivity contribution is 5.96. The van der Waals surface area contributed by atoms with Crippen LogP contribution in [-0.2, 0) is 12.0 Å². The van der Waals surface area contributed by atoms with Gasteiger partial charge in [0.05, 0.1) is 34.8 Å². The van der Waals surface area contributed by atoms with Crippen molar-refractivity contribution in [2.24, 2.45) is 0 Å². The molecule has 2 saturated heterocycles. The van der Waals surface area contributed by atoms with Crippen molar-refractivity contribution in [2.45, 2.75) is 44.1 Å². The molecule has 0 N–H and O–H groups in total. The van der Waals surface area contributed by atoms with E-state index in [0.717, 1.165) is 50.3 Å². The molecular formula is C34H34FN5O. The molecule has 3 heterocycles. The van der Waals surface area contributed by atoms with E-state index >= 15 is 0 Å². The first kappa shape index (κ1) is 26.9. The zero-order valence-corrected chi connectivity index (χ0v) is 23.3. The Bertz CT molecular complexity index is 1550. The first-order chi connectivity index (χ1) is 19.9. The maximum absolute atomic E-state index is 14.1. The molecule has 2 fully saturated rings. The van der Waals surface area contributed by atoms with Gasteiger partial charge in [-0.1, -0.05) is 49.4 Å². The Morgan fingerprint density at radius 1 is 1.00 bits per heavy atom. The molecule has 1 amide bonds. The van der Waals surface area contributed by atoms with Crippen LogP contribution in [0.1, 0.15) is 64.8 Å². The minimum absolute atomic E-state index is 0.0213. The van der Waals surface area contributed by atoms with Gasteiger partial charge in [-0.3, -0.25) is 9.69 Å². The summed E-state index contributed by atoms with van der Waals surface area (Å²) in [6.45, 7) is 6.22. The fourth-order valence-electron chi connectivity index (χ4n) is 6.39. The molecule has 0 aliphatic carbocycles. The second-order valence-electron chi connectivity index (χ2n) is 11.6. The fourth-order valence-corrected chi connectivity index (χ4v) is 6.39. The first-order valence-electron chi connectivity index (χ1n) is 14.3. The van der Waals surface area contributed by atoms with Gasteiger partial charge in [-0.2, -0.15) is 10.4 Å². The Morgan fingerprint density at radius 3 is 2.39 bits per heavy atom. The van der Waals surface area contributed by atoms with Crippen molar-refractivity contribution in [2.75, 3.05) is 26.2 Å². The molecule has 1 atom stereocenters. The van der Waals surface area contributed by atoms with Gasteiger partial charge in [-0.15, -0.1) is 0 Å². The Balaban J connectivity index is 1.24. The molecule has 7 heteroatoms. The number of nitrogens with zero attached hydrogens (tertiary/aromatic N) is 5. The Hall–Kier alpha value is -4.28. The quantitative estimate of drug-likeness (QED) is 0.294. The SMILES string of the molecule is CC1(c2ccccc2)CCN(C(=O)c2cnn(-c3ccc(F)cc3)c2C2CCN(Cc3ccc(C#N)cc3)CC2)C1. The molecule has 6 rings (SSSR count). The van der Waals surface area contributed by atoms with Crippen molar-refractivity contribution in [1.29, 1.82) is 5.26 Å². The zero-order chi connectivity index (χ0) is 28.4. The smallest absolute Gasteiger partial charge is 0.257 e. The lowest BCUT2D eigenvalue weighted by Gasteiger charge is -2.33. The molecule has 41 heavy (non-hydrogen) atoms. The van der Waals surface area contributed by atoms with Gasteiger partial charge in [0.1, 0.15) is 5.82 Å². The second-order valence-corrected chi connectivity index (χ2v) is 11.6. The highest BCUT2D eigenvalue weighted by Gasteiger charge is 2.39. The summed E-state index contributed by atoms with van der Waals surface area (Å²) < 4.78 is 15.6. The summed E-state index contributed by atoms with van der Waals surface area (Å²) in [6, 6.07) is 26.7. The van der Waals surface area contributed by atoms with Gasteiger partial charge in [0.25, 0.3) is 5.91 Å². The third-order valence-electron chi connectivity index (χ3n) is 8.80. The van der Waals surface area contributed by atoms with E-state index in [1.165, 1.54) is 23.3 Å². The topological polar surface area (TPSA) is 65.2 Å². The largest absolute Gasteiger partial charge is 0.338 e. The van der Waals surface area contributed by atoms with Crippen LogP contribution in [0.5, 0.6) is 0 Å². The van der Waals surface area contributed by atoms with Crippen molar-refractivity contribution < 1.29 is 9.18 Å². The van der Waals surface area contributed by atoms with Gasteiger partial charge in [0, 0.05) is 31.0 Å². The van der Waals surface area contributed by atoms with Crippen LogP contribution in [0.15, 0.2) is 85.1 Å². The summed E-state index contributed by atoms with van der Waals surface area (Å²) >= 11 is 0. The number of hydrogen-bond acceptors (Lipinski definition) is 4. The van der Waals surface area contributed by atoms with Gasteiger partial charge in [-0.05, 0) is 79.9 Å². The van der Waals surface area contributed by atoms with Crippen molar-refractivity contribution in [1.82, 2.24) is 19.6 Å². The van der Waals surface area contributed by atoms with Gasteiger partial charge < -0.3 is 4.90 Å². The minimum atomic E-state index is -0.299. The van der Waals surface area contributed by atoms with Crippen LogP contribution in [0.2, 0.25) is 0 Å². The van der Waals surface area contributed by atoms with Crippen LogP contribution in [0.3, 0.4) is 0 Å². The van der Waals surface area contributed by atoms with Crippen LogP contribution < -0.4 is 0 Å². The number of carbonyl (C=O) groups is 1. The van der Waals surface area contributed by atoms with E-state index < -0.39 is 0 Å². The minimum Gasteiger partial charge on any atom is -0.338 e. The summed E-state index contributed by atoms with van der Waals surface area (Å²) in [6.07, 6.45) is 4.41. The number of hydrogen-bond donors (Lipinski definition) is 0. The lowest BCUT2D eigenvalue weighted by Crippen LogP contribution is -2.35. The molecule has 0 spiro atoms. The van der Waals surface area contributed by atoms with Gasteiger partial charge >= 0.3 is 0 Å². The number of nitriles is 1. The van der Waals surface area contributed by atoms with Crippen LogP contribution in [0, 0.1) is 17.1 Å². The number of halogens is 1. The molecule has 2 aliphatic rings. The normalized spacial score (nSPS) is 19.8. The van der Waals surface area contributed by atoms with Crippen LogP contribution in [-0.4, -0.2) is 51.7 Å². The Morgan fingerprint density at radius 2 is 1.71 bits per heavy atom. The first-order valence-corrected chi connectivity index (χ1v) is 14.3.